The molecule has 0 aromatic heterocycles. The normalized spacial score (nSPS) is 23.1. The molecule has 116 valence electrons. The van der Waals surface area contributed by atoms with E-state index in [1.54, 1.807) is 6.07 Å². The summed E-state index contributed by atoms with van der Waals surface area (Å²) in [6.45, 7) is 5.76. The molecule has 0 saturated carbocycles. The Hall–Kier alpha value is -1.63. The van der Waals surface area contributed by atoms with Crippen LogP contribution in [-0.2, 0) is 9.84 Å². The largest absolute Gasteiger partial charge is 0.365 e. The molecule has 0 amide bonds. The molecule has 6 nitrogen and oxygen atoms in total. The molecule has 0 aliphatic carbocycles. The van der Waals surface area contributed by atoms with Gasteiger partial charge in [0.2, 0.25) is 0 Å². The van der Waals surface area contributed by atoms with Gasteiger partial charge in [-0.2, -0.15) is 0 Å². The fourth-order valence-electron chi connectivity index (χ4n) is 3.01. The third-order valence-corrected chi connectivity index (χ3v) is 4.89. The predicted molar refractivity (Wildman–Crippen MR) is 81.4 cm³/mol. The van der Waals surface area contributed by atoms with E-state index in [0.717, 1.165) is 31.8 Å². The quantitative estimate of drug-likeness (QED) is 0.632. The lowest BCUT2D eigenvalue weighted by atomic mass is 9.91. The fraction of sp³-hybridized carbons (Fsp3) is 0.571. The van der Waals surface area contributed by atoms with Gasteiger partial charge in [-0.25, -0.2) is 8.42 Å². The Morgan fingerprint density at radius 3 is 2.29 bits per heavy atom. The van der Waals surface area contributed by atoms with E-state index in [1.807, 2.05) is 4.90 Å². The third-order valence-electron chi connectivity index (χ3n) is 3.78. The molecule has 1 saturated heterocycles. The zero-order valence-corrected chi connectivity index (χ0v) is 13.3. The second-order valence-electron chi connectivity index (χ2n) is 6.03. The van der Waals surface area contributed by atoms with Gasteiger partial charge in [-0.15, -0.1) is 0 Å². The van der Waals surface area contributed by atoms with Gasteiger partial charge in [0.25, 0.3) is 5.69 Å². The first kappa shape index (κ1) is 15.8. The highest BCUT2D eigenvalue weighted by atomic mass is 32.2. The number of benzene rings is 1. The van der Waals surface area contributed by atoms with Gasteiger partial charge in [-0.1, -0.05) is 13.8 Å². The Labute approximate surface area is 124 Å². The summed E-state index contributed by atoms with van der Waals surface area (Å²) < 4.78 is 23.1. The molecular weight excluding hydrogens is 292 g/mol. The van der Waals surface area contributed by atoms with E-state index in [-0.39, 0.29) is 10.6 Å². The highest BCUT2D eigenvalue weighted by molar-refractivity contribution is 7.90. The molecule has 1 aliphatic heterocycles. The number of piperidine rings is 1. The van der Waals surface area contributed by atoms with E-state index in [4.69, 9.17) is 0 Å². The molecule has 1 aromatic carbocycles. The van der Waals surface area contributed by atoms with Crippen LogP contribution >= 0.6 is 0 Å². The van der Waals surface area contributed by atoms with Crippen molar-refractivity contribution < 1.29 is 13.3 Å². The van der Waals surface area contributed by atoms with Gasteiger partial charge in [0.15, 0.2) is 9.84 Å². The third kappa shape index (κ3) is 3.53. The van der Waals surface area contributed by atoms with E-state index in [0.29, 0.717) is 17.5 Å². The second kappa shape index (κ2) is 5.63. The van der Waals surface area contributed by atoms with E-state index in [1.165, 1.54) is 6.07 Å². The summed E-state index contributed by atoms with van der Waals surface area (Å²) in [5.74, 6) is 0.922. The Morgan fingerprint density at radius 2 is 1.81 bits per heavy atom. The Balaban J connectivity index is 2.46. The van der Waals surface area contributed by atoms with Gasteiger partial charge in [-0.3, -0.25) is 10.1 Å². The SMILES string of the molecule is C[C@@H]1C[C@H](C)CN(c2ccc(S(C)(=O)=O)cc2[N+](=O)[O-])C1. The van der Waals surface area contributed by atoms with E-state index < -0.39 is 14.8 Å². The number of anilines is 1. The van der Waals surface area contributed by atoms with Gasteiger partial charge in [0.1, 0.15) is 5.69 Å². The number of nitro benzene ring substituents is 1. The summed E-state index contributed by atoms with van der Waals surface area (Å²) in [5.41, 5.74) is 0.366. The number of hydrogen-bond donors (Lipinski definition) is 0. The van der Waals surface area contributed by atoms with Crippen molar-refractivity contribution >= 4 is 21.2 Å². The highest BCUT2D eigenvalue weighted by Gasteiger charge is 2.28. The van der Waals surface area contributed by atoms with Gasteiger partial charge < -0.3 is 4.90 Å². The average Bonchev–Trinajstić information content (AvgIpc) is 2.35. The van der Waals surface area contributed by atoms with Crippen molar-refractivity contribution in [2.75, 3.05) is 24.2 Å². The molecule has 0 spiro atoms. The number of nitrogens with zero attached hydrogens (tertiary/aromatic N) is 2. The van der Waals surface area contributed by atoms with Crippen LogP contribution in [0, 0.1) is 22.0 Å². The van der Waals surface area contributed by atoms with Crippen molar-refractivity contribution in [3.05, 3.63) is 28.3 Å². The van der Waals surface area contributed by atoms with Crippen molar-refractivity contribution in [3.8, 4) is 0 Å². The van der Waals surface area contributed by atoms with Crippen molar-refractivity contribution in [3.63, 3.8) is 0 Å². The molecule has 1 aromatic rings. The van der Waals surface area contributed by atoms with Gasteiger partial charge in [-0.05, 0) is 30.4 Å². The number of nitro groups is 1. The molecule has 2 atom stereocenters. The van der Waals surface area contributed by atoms with Crippen LogP contribution in [-0.4, -0.2) is 32.7 Å². The molecular formula is C14H20N2O4S. The molecule has 0 bridgehead atoms. The van der Waals surface area contributed by atoms with Crippen LogP contribution in [0.1, 0.15) is 20.3 Å². The molecule has 1 aliphatic rings. The predicted octanol–water partition coefficient (Wildman–Crippen LogP) is 2.48. The Kier molecular flexibility index (Phi) is 4.22. The average molecular weight is 312 g/mol. The maximum Gasteiger partial charge on any atom is 0.293 e. The molecule has 1 fully saturated rings. The lowest BCUT2D eigenvalue weighted by Gasteiger charge is -2.36. The summed E-state index contributed by atoms with van der Waals surface area (Å²) >= 11 is 0. The molecule has 7 heteroatoms. The Morgan fingerprint density at radius 1 is 1.24 bits per heavy atom. The highest BCUT2D eigenvalue weighted by Crippen LogP contribution is 2.34. The zero-order valence-electron chi connectivity index (χ0n) is 12.4. The Bertz CT molecular complexity index is 647. The number of rotatable bonds is 3. The van der Waals surface area contributed by atoms with Crippen LogP contribution in [0.25, 0.3) is 0 Å². The molecule has 0 N–H and O–H groups in total. The monoisotopic (exact) mass is 312 g/mol. The molecule has 0 radical (unpaired) electrons. The lowest BCUT2D eigenvalue weighted by Crippen LogP contribution is -2.39. The number of sulfone groups is 1. The van der Waals surface area contributed by atoms with E-state index in [2.05, 4.69) is 13.8 Å². The smallest absolute Gasteiger partial charge is 0.293 e. The molecule has 2 rings (SSSR count). The minimum atomic E-state index is -3.45. The van der Waals surface area contributed by atoms with Crippen molar-refractivity contribution in [1.29, 1.82) is 0 Å². The minimum absolute atomic E-state index is 0.0175. The lowest BCUT2D eigenvalue weighted by molar-refractivity contribution is -0.384. The zero-order chi connectivity index (χ0) is 15.8. The summed E-state index contributed by atoms with van der Waals surface area (Å²) in [7, 11) is -3.45. The van der Waals surface area contributed by atoms with Crippen LogP contribution in [0.15, 0.2) is 23.1 Å². The van der Waals surface area contributed by atoms with Crippen molar-refractivity contribution in [2.45, 2.75) is 25.2 Å². The van der Waals surface area contributed by atoms with Gasteiger partial charge >= 0.3 is 0 Å². The first-order chi connectivity index (χ1) is 9.68. The second-order valence-corrected chi connectivity index (χ2v) is 8.05. The van der Waals surface area contributed by atoms with Crippen LogP contribution in [0.3, 0.4) is 0 Å². The summed E-state index contributed by atoms with van der Waals surface area (Å²) in [5, 5.41) is 11.3. The fourth-order valence-corrected chi connectivity index (χ4v) is 3.65. The van der Waals surface area contributed by atoms with Crippen LogP contribution in [0.4, 0.5) is 11.4 Å². The molecule has 1 heterocycles. The van der Waals surface area contributed by atoms with Gasteiger partial charge in [0.05, 0.1) is 9.82 Å². The summed E-state index contributed by atoms with van der Waals surface area (Å²) in [6, 6.07) is 4.16. The first-order valence-electron chi connectivity index (χ1n) is 6.92. The van der Waals surface area contributed by atoms with Crippen LogP contribution < -0.4 is 4.90 Å². The van der Waals surface area contributed by atoms with Crippen LogP contribution in [0.2, 0.25) is 0 Å². The maximum atomic E-state index is 11.6. The minimum Gasteiger partial charge on any atom is -0.365 e. The maximum absolute atomic E-state index is 11.6. The van der Waals surface area contributed by atoms with Crippen molar-refractivity contribution in [1.82, 2.24) is 0 Å². The van der Waals surface area contributed by atoms with Gasteiger partial charge in [0, 0.05) is 25.4 Å². The standard InChI is InChI=1S/C14H20N2O4S/c1-10-6-11(2)9-15(8-10)13-5-4-12(21(3,19)20)7-14(13)16(17)18/h4-5,7,10-11H,6,8-9H2,1-3H3/t10-,11+. The first-order valence-corrected chi connectivity index (χ1v) is 8.81. The van der Waals surface area contributed by atoms with Crippen molar-refractivity contribution in [2.24, 2.45) is 11.8 Å². The summed E-state index contributed by atoms with van der Waals surface area (Å²) in [4.78, 5) is 12.8. The summed E-state index contributed by atoms with van der Waals surface area (Å²) in [6.07, 6.45) is 2.16. The van der Waals surface area contributed by atoms with E-state index in [9.17, 15) is 18.5 Å². The van der Waals surface area contributed by atoms with Crippen LogP contribution in [0.5, 0.6) is 0 Å². The topological polar surface area (TPSA) is 80.5 Å². The molecule has 0 unspecified atom stereocenters. The molecule has 21 heavy (non-hydrogen) atoms. The van der Waals surface area contributed by atoms with E-state index >= 15 is 0 Å². The number of hydrogen-bond acceptors (Lipinski definition) is 5.